The molecule has 0 aliphatic carbocycles. The first kappa shape index (κ1) is 18.6. The van der Waals surface area contributed by atoms with E-state index in [1.165, 1.54) is 6.33 Å². The smallest absolute Gasteiger partial charge is 0.227 e. The largest absolute Gasteiger partial charge is 0.368 e. The van der Waals surface area contributed by atoms with E-state index in [-0.39, 0.29) is 11.8 Å². The number of aromatic nitrogens is 4. The van der Waals surface area contributed by atoms with E-state index in [1.807, 2.05) is 62.5 Å². The zero-order valence-electron chi connectivity index (χ0n) is 15.6. The molecule has 2 aromatic heterocycles. The summed E-state index contributed by atoms with van der Waals surface area (Å²) in [5.41, 5.74) is 1.97. The molecule has 0 bridgehead atoms. The number of carbonyl (C=O) groups is 1. The molecule has 3 aromatic rings. The van der Waals surface area contributed by atoms with Crippen LogP contribution in [0.3, 0.4) is 0 Å². The first-order chi connectivity index (χ1) is 13.2. The first-order valence-corrected chi connectivity index (χ1v) is 9.08. The zero-order valence-corrected chi connectivity index (χ0v) is 15.6. The van der Waals surface area contributed by atoms with Gasteiger partial charge in [0.05, 0.1) is 11.6 Å². The number of rotatable bonds is 8. The average Bonchev–Trinajstić information content (AvgIpc) is 3.13. The summed E-state index contributed by atoms with van der Waals surface area (Å²) in [6.45, 7) is 5.04. The lowest BCUT2D eigenvalue weighted by molar-refractivity contribution is -0.122. The van der Waals surface area contributed by atoms with Crippen LogP contribution in [0.1, 0.15) is 30.5 Å². The van der Waals surface area contributed by atoms with Crippen LogP contribution in [-0.4, -0.2) is 38.7 Å². The summed E-state index contributed by atoms with van der Waals surface area (Å²) >= 11 is 0. The standard InChI is InChI=1S/C20H24N6O/c1-3-17(16-7-5-4-6-8-16)20(27)22-11-10-21-18-13-19(24-14-23-18)26-12-9-15(2)25-26/h4-9,12-14,17H,3,10-11H2,1-2H3,(H,22,27)(H,21,23,24). The molecule has 1 amide bonds. The molecule has 1 aromatic carbocycles. The summed E-state index contributed by atoms with van der Waals surface area (Å²) in [4.78, 5) is 20.9. The van der Waals surface area contributed by atoms with Crippen LogP contribution in [0, 0.1) is 6.92 Å². The normalized spacial score (nSPS) is 11.8. The van der Waals surface area contributed by atoms with Gasteiger partial charge in [-0.25, -0.2) is 14.6 Å². The molecule has 1 atom stereocenters. The molecule has 0 spiro atoms. The lowest BCUT2D eigenvalue weighted by atomic mass is 9.96. The number of amides is 1. The summed E-state index contributed by atoms with van der Waals surface area (Å²) in [7, 11) is 0. The first-order valence-electron chi connectivity index (χ1n) is 9.08. The summed E-state index contributed by atoms with van der Waals surface area (Å²) in [5.74, 6) is 1.30. The molecule has 2 N–H and O–H groups in total. The number of hydrogen-bond acceptors (Lipinski definition) is 5. The van der Waals surface area contributed by atoms with E-state index in [1.54, 1.807) is 4.68 Å². The highest BCUT2D eigenvalue weighted by Gasteiger charge is 2.17. The van der Waals surface area contributed by atoms with Crippen LogP contribution in [0.5, 0.6) is 0 Å². The lowest BCUT2D eigenvalue weighted by Gasteiger charge is -2.15. The van der Waals surface area contributed by atoms with E-state index in [9.17, 15) is 4.79 Å². The predicted octanol–water partition coefficient (Wildman–Crippen LogP) is 2.69. The van der Waals surface area contributed by atoms with Gasteiger partial charge in [0, 0.05) is 25.4 Å². The fourth-order valence-electron chi connectivity index (χ4n) is 2.87. The van der Waals surface area contributed by atoms with Gasteiger partial charge >= 0.3 is 0 Å². The van der Waals surface area contributed by atoms with Crippen molar-refractivity contribution in [2.45, 2.75) is 26.2 Å². The van der Waals surface area contributed by atoms with Crippen LogP contribution in [0.2, 0.25) is 0 Å². The number of nitrogens with zero attached hydrogens (tertiary/aromatic N) is 4. The van der Waals surface area contributed by atoms with Crippen molar-refractivity contribution in [3.05, 3.63) is 66.2 Å². The number of carbonyl (C=O) groups excluding carboxylic acids is 1. The summed E-state index contributed by atoms with van der Waals surface area (Å²) in [5, 5.41) is 10.5. The van der Waals surface area contributed by atoms with Gasteiger partial charge in [0.2, 0.25) is 5.91 Å². The highest BCUT2D eigenvalue weighted by atomic mass is 16.1. The minimum absolute atomic E-state index is 0.0425. The molecule has 0 saturated carbocycles. The molecule has 7 nitrogen and oxygen atoms in total. The SMILES string of the molecule is CCC(C(=O)NCCNc1cc(-n2ccc(C)n2)ncn1)c1ccccc1. The molecule has 1 unspecified atom stereocenters. The minimum Gasteiger partial charge on any atom is -0.368 e. The molecule has 140 valence electrons. The molecule has 0 fully saturated rings. The van der Waals surface area contributed by atoms with Crippen LogP contribution in [-0.2, 0) is 4.79 Å². The van der Waals surface area contributed by atoms with Crippen LogP contribution >= 0.6 is 0 Å². The van der Waals surface area contributed by atoms with Crippen LogP contribution in [0.25, 0.3) is 5.82 Å². The van der Waals surface area contributed by atoms with Gasteiger partial charge in [0.1, 0.15) is 12.1 Å². The monoisotopic (exact) mass is 364 g/mol. The van der Waals surface area contributed by atoms with E-state index in [0.717, 1.165) is 17.7 Å². The summed E-state index contributed by atoms with van der Waals surface area (Å²) in [6, 6.07) is 13.6. The molecule has 2 heterocycles. The van der Waals surface area contributed by atoms with Crippen molar-refractivity contribution in [1.29, 1.82) is 0 Å². The Kier molecular flexibility index (Phi) is 6.14. The number of aryl methyl sites for hydroxylation is 1. The van der Waals surface area contributed by atoms with E-state index in [2.05, 4.69) is 25.7 Å². The second kappa shape index (κ2) is 8.93. The zero-order chi connectivity index (χ0) is 19.1. The molecular weight excluding hydrogens is 340 g/mol. The predicted molar refractivity (Wildman–Crippen MR) is 105 cm³/mol. The molecular formula is C20H24N6O. The maximum atomic E-state index is 12.5. The Morgan fingerprint density at radius 3 is 2.67 bits per heavy atom. The third kappa shape index (κ3) is 4.91. The van der Waals surface area contributed by atoms with Gasteiger partial charge in [0.25, 0.3) is 0 Å². The average molecular weight is 364 g/mol. The fraction of sp³-hybridized carbons (Fsp3) is 0.300. The molecule has 0 aliphatic rings. The number of nitrogens with one attached hydrogen (secondary N) is 2. The summed E-state index contributed by atoms with van der Waals surface area (Å²) in [6.07, 6.45) is 4.12. The van der Waals surface area contributed by atoms with E-state index in [0.29, 0.717) is 24.7 Å². The van der Waals surface area contributed by atoms with Gasteiger partial charge in [-0.1, -0.05) is 37.3 Å². The number of anilines is 1. The van der Waals surface area contributed by atoms with Crippen LogP contribution in [0.4, 0.5) is 5.82 Å². The Hall–Kier alpha value is -3.22. The quantitative estimate of drug-likeness (QED) is 0.600. The topological polar surface area (TPSA) is 84.7 Å². The fourth-order valence-corrected chi connectivity index (χ4v) is 2.87. The molecule has 0 aliphatic heterocycles. The highest BCUT2D eigenvalue weighted by Crippen LogP contribution is 2.19. The Morgan fingerprint density at radius 2 is 1.96 bits per heavy atom. The minimum atomic E-state index is -0.125. The van der Waals surface area contributed by atoms with Gasteiger partial charge < -0.3 is 10.6 Å². The molecule has 0 saturated heterocycles. The lowest BCUT2D eigenvalue weighted by Crippen LogP contribution is -2.33. The van der Waals surface area contributed by atoms with Gasteiger partial charge in [-0.2, -0.15) is 5.10 Å². The van der Waals surface area contributed by atoms with Crippen molar-refractivity contribution in [2.24, 2.45) is 0 Å². The highest BCUT2D eigenvalue weighted by molar-refractivity contribution is 5.83. The summed E-state index contributed by atoms with van der Waals surface area (Å²) < 4.78 is 1.70. The Bertz CT molecular complexity index is 877. The maximum absolute atomic E-state index is 12.5. The second-order valence-electron chi connectivity index (χ2n) is 6.25. The number of hydrogen-bond donors (Lipinski definition) is 2. The third-order valence-electron chi connectivity index (χ3n) is 4.27. The van der Waals surface area contributed by atoms with E-state index in [4.69, 9.17) is 0 Å². The van der Waals surface area contributed by atoms with Gasteiger partial charge in [-0.15, -0.1) is 0 Å². The van der Waals surface area contributed by atoms with Gasteiger partial charge in [0.15, 0.2) is 5.82 Å². The maximum Gasteiger partial charge on any atom is 0.227 e. The van der Waals surface area contributed by atoms with Crippen molar-refractivity contribution in [3.8, 4) is 5.82 Å². The van der Waals surface area contributed by atoms with Crippen molar-refractivity contribution < 1.29 is 4.79 Å². The van der Waals surface area contributed by atoms with Crippen LogP contribution < -0.4 is 10.6 Å². The molecule has 3 rings (SSSR count). The van der Waals surface area contributed by atoms with E-state index < -0.39 is 0 Å². The Morgan fingerprint density at radius 1 is 1.15 bits per heavy atom. The van der Waals surface area contributed by atoms with Crippen molar-refractivity contribution >= 4 is 11.7 Å². The molecule has 7 heteroatoms. The molecule has 0 radical (unpaired) electrons. The van der Waals surface area contributed by atoms with Crippen molar-refractivity contribution in [3.63, 3.8) is 0 Å². The van der Waals surface area contributed by atoms with Crippen molar-refractivity contribution in [2.75, 3.05) is 18.4 Å². The number of benzene rings is 1. The van der Waals surface area contributed by atoms with Crippen LogP contribution in [0.15, 0.2) is 55.0 Å². The van der Waals surface area contributed by atoms with E-state index >= 15 is 0 Å². The Balaban J connectivity index is 1.51. The third-order valence-corrected chi connectivity index (χ3v) is 4.27. The van der Waals surface area contributed by atoms with Gasteiger partial charge in [-0.3, -0.25) is 4.79 Å². The van der Waals surface area contributed by atoms with Crippen molar-refractivity contribution in [1.82, 2.24) is 25.1 Å². The Labute approximate surface area is 158 Å². The van der Waals surface area contributed by atoms with Gasteiger partial charge in [-0.05, 0) is 25.0 Å². The second-order valence-corrected chi connectivity index (χ2v) is 6.25. The molecule has 27 heavy (non-hydrogen) atoms.